The van der Waals surface area contributed by atoms with Gasteiger partial charge in [-0.3, -0.25) is 0 Å². The molecule has 0 fully saturated rings. The Hall–Kier alpha value is -0.720. The van der Waals surface area contributed by atoms with Gasteiger partial charge in [-0.15, -0.1) is 0 Å². The molecule has 0 amide bonds. The van der Waals surface area contributed by atoms with E-state index in [4.69, 9.17) is 0 Å². The van der Waals surface area contributed by atoms with E-state index in [-0.39, 0.29) is 0 Å². The molecule has 1 rings (SSSR count). The highest BCUT2D eigenvalue weighted by molar-refractivity contribution is 5.14. The first-order valence-corrected chi connectivity index (χ1v) is 3.84. The van der Waals surface area contributed by atoms with E-state index in [1.54, 1.807) is 0 Å². The van der Waals surface area contributed by atoms with Gasteiger partial charge in [0.05, 0.1) is 0 Å². The number of aromatic amines is 1. The summed E-state index contributed by atoms with van der Waals surface area (Å²) >= 11 is 0. The van der Waals surface area contributed by atoms with E-state index in [1.807, 2.05) is 6.20 Å². The monoisotopic (exact) mass is 137 g/mol. The Morgan fingerprint density at radius 3 is 2.40 bits per heavy atom. The average molecular weight is 137 g/mol. The zero-order valence-corrected chi connectivity index (χ0v) is 6.89. The lowest BCUT2D eigenvalue weighted by Gasteiger charge is -2.12. The number of hydrogen-bond acceptors (Lipinski definition) is 0. The maximum absolute atomic E-state index is 3.07. The fraction of sp³-hybridized carbons (Fsp3) is 0.556. The van der Waals surface area contributed by atoms with Crippen LogP contribution in [0.15, 0.2) is 18.5 Å². The lowest BCUT2D eigenvalue weighted by Crippen LogP contribution is -1.99. The first-order valence-electron chi connectivity index (χ1n) is 3.84. The third-order valence-corrected chi connectivity index (χ3v) is 2.15. The van der Waals surface area contributed by atoms with E-state index in [0.717, 1.165) is 5.92 Å². The zero-order chi connectivity index (χ0) is 7.56. The topological polar surface area (TPSA) is 15.8 Å². The van der Waals surface area contributed by atoms with Crippen molar-refractivity contribution in [1.82, 2.24) is 4.98 Å². The normalized spacial score (nSPS) is 14.0. The molecule has 1 N–H and O–H groups in total. The summed E-state index contributed by atoms with van der Waals surface area (Å²) < 4.78 is 0. The third kappa shape index (κ3) is 1.41. The minimum Gasteiger partial charge on any atom is -0.367 e. The van der Waals surface area contributed by atoms with E-state index in [9.17, 15) is 0 Å². The van der Waals surface area contributed by atoms with Gasteiger partial charge in [0.25, 0.3) is 0 Å². The quantitative estimate of drug-likeness (QED) is 0.645. The van der Waals surface area contributed by atoms with Crippen molar-refractivity contribution in [1.29, 1.82) is 0 Å². The van der Waals surface area contributed by atoms with Gasteiger partial charge >= 0.3 is 0 Å². The molecule has 0 spiro atoms. The largest absolute Gasteiger partial charge is 0.367 e. The highest BCUT2D eigenvalue weighted by Gasteiger charge is 2.08. The van der Waals surface area contributed by atoms with Gasteiger partial charge in [-0.25, -0.2) is 0 Å². The molecule has 0 aliphatic rings. The first-order chi connectivity index (χ1) is 4.72. The Kier molecular flexibility index (Phi) is 2.15. The maximum Gasteiger partial charge on any atom is 0.00401 e. The molecule has 10 heavy (non-hydrogen) atoms. The SMILES string of the molecule is CC(C)C(C)c1cc[nH]c1. The summed E-state index contributed by atoms with van der Waals surface area (Å²) in [5.41, 5.74) is 1.41. The van der Waals surface area contributed by atoms with E-state index < -0.39 is 0 Å². The summed E-state index contributed by atoms with van der Waals surface area (Å²) in [6, 6.07) is 2.14. The van der Waals surface area contributed by atoms with Crippen LogP contribution in [0.25, 0.3) is 0 Å². The summed E-state index contributed by atoms with van der Waals surface area (Å²) in [5, 5.41) is 0. The van der Waals surface area contributed by atoms with Crippen LogP contribution in [-0.4, -0.2) is 4.98 Å². The molecule has 1 atom stereocenters. The first kappa shape index (κ1) is 7.39. The Labute approximate surface area is 62.5 Å². The molecule has 56 valence electrons. The highest BCUT2D eigenvalue weighted by Crippen LogP contribution is 2.22. The average Bonchev–Trinajstić information content (AvgIpc) is 2.36. The molecule has 0 saturated carbocycles. The minimum atomic E-state index is 0.672. The number of aromatic nitrogens is 1. The Balaban J connectivity index is 2.68. The van der Waals surface area contributed by atoms with Crippen LogP contribution in [0.4, 0.5) is 0 Å². The third-order valence-electron chi connectivity index (χ3n) is 2.15. The van der Waals surface area contributed by atoms with Gasteiger partial charge in [0, 0.05) is 12.4 Å². The molecule has 0 aromatic carbocycles. The van der Waals surface area contributed by atoms with Crippen molar-refractivity contribution >= 4 is 0 Å². The van der Waals surface area contributed by atoms with Gasteiger partial charge in [-0.2, -0.15) is 0 Å². The van der Waals surface area contributed by atoms with Crippen LogP contribution in [0.3, 0.4) is 0 Å². The Morgan fingerprint density at radius 1 is 1.30 bits per heavy atom. The molecule has 1 nitrogen and oxygen atoms in total. The molecule has 0 saturated heterocycles. The van der Waals surface area contributed by atoms with Crippen molar-refractivity contribution in [2.24, 2.45) is 5.92 Å². The van der Waals surface area contributed by atoms with Gasteiger partial charge in [-0.1, -0.05) is 20.8 Å². The number of nitrogens with one attached hydrogen (secondary N) is 1. The summed E-state index contributed by atoms with van der Waals surface area (Å²) in [6.45, 7) is 6.75. The Bertz CT molecular complexity index is 175. The molecule has 1 unspecified atom stereocenters. The van der Waals surface area contributed by atoms with E-state index in [2.05, 4.69) is 38.0 Å². The second-order valence-corrected chi connectivity index (χ2v) is 3.18. The molecule has 1 heterocycles. The molecular weight excluding hydrogens is 122 g/mol. The second kappa shape index (κ2) is 2.91. The van der Waals surface area contributed by atoms with Gasteiger partial charge < -0.3 is 4.98 Å². The van der Waals surface area contributed by atoms with Crippen molar-refractivity contribution in [3.05, 3.63) is 24.0 Å². The standard InChI is InChI=1S/C9H15N/c1-7(2)8(3)9-4-5-10-6-9/h4-8,10H,1-3H3. The van der Waals surface area contributed by atoms with Crippen LogP contribution >= 0.6 is 0 Å². The van der Waals surface area contributed by atoms with Crippen molar-refractivity contribution in [3.63, 3.8) is 0 Å². The van der Waals surface area contributed by atoms with Crippen LogP contribution < -0.4 is 0 Å². The predicted octanol–water partition coefficient (Wildman–Crippen LogP) is 2.77. The summed E-state index contributed by atoms with van der Waals surface area (Å²) in [5.74, 6) is 1.40. The summed E-state index contributed by atoms with van der Waals surface area (Å²) in [4.78, 5) is 3.07. The molecule has 0 bridgehead atoms. The molecule has 1 aromatic rings. The van der Waals surface area contributed by atoms with Crippen molar-refractivity contribution in [2.45, 2.75) is 26.7 Å². The maximum atomic E-state index is 3.07. The number of H-pyrrole nitrogens is 1. The van der Waals surface area contributed by atoms with Crippen LogP contribution in [0.1, 0.15) is 32.3 Å². The lowest BCUT2D eigenvalue weighted by molar-refractivity contribution is 0.535. The van der Waals surface area contributed by atoms with Gasteiger partial charge in [0.2, 0.25) is 0 Å². The molecule has 1 aromatic heterocycles. The molecule has 0 aliphatic carbocycles. The van der Waals surface area contributed by atoms with E-state index in [0.29, 0.717) is 5.92 Å². The van der Waals surface area contributed by atoms with Gasteiger partial charge in [0.15, 0.2) is 0 Å². The highest BCUT2D eigenvalue weighted by atomic mass is 14.6. The zero-order valence-electron chi connectivity index (χ0n) is 6.89. The molecular formula is C9H15N. The molecule has 0 radical (unpaired) electrons. The minimum absolute atomic E-state index is 0.672. The van der Waals surface area contributed by atoms with Crippen LogP contribution in [0.5, 0.6) is 0 Å². The van der Waals surface area contributed by atoms with Crippen molar-refractivity contribution < 1.29 is 0 Å². The van der Waals surface area contributed by atoms with Gasteiger partial charge in [0.1, 0.15) is 0 Å². The van der Waals surface area contributed by atoms with Crippen LogP contribution in [0, 0.1) is 5.92 Å². The van der Waals surface area contributed by atoms with Crippen LogP contribution in [0.2, 0.25) is 0 Å². The fourth-order valence-corrected chi connectivity index (χ4v) is 1.00. The summed E-state index contributed by atoms with van der Waals surface area (Å²) in [6.07, 6.45) is 4.05. The fourth-order valence-electron chi connectivity index (χ4n) is 1.00. The Morgan fingerprint density at radius 2 is 2.00 bits per heavy atom. The van der Waals surface area contributed by atoms with E-state index in [1.165, 1.54) is 5.56 Å². The van der Waals surface area contributed by atoms with Crippen molar-refractivity contribution in [2.75, 3.05) is 0 Å². The van der Waals surface area contributed by atoms with Crippen LogP contribution in [-0.2, 0) is 0 Å². The van der Waals surface area contributed by atoms with E-state index >= 15 is 0 Å². The summed E-state index contributed by atoms with van der Waals surface area (Å²) in [7, 11) is 0. The molecule has 1 heteroatoms. The number of rotatable bonds is 2. The predicted molar refractivity (Wildman–Crippen MR) is 44.0 cm³/mol. The smallest absolute Gasteiger partial charge is 0.00401 e. The lowest BCUT2D eigenvalue weighted by atomic mass is 9.92. The van der Waals surface area contributed by atoms with Gasteiger partial charge in [-0.05, 0) is 23.5 Å². The second-order valence-electron chi connectivity index (χ2n) is 3.18. The number of hydrogen-bond donors (Lipinski definition) is 1. The van der Waals surface area contributed by atoms with Crippen molar-refractivity contribution in [3.8, 4) is 0 Å². The molecule has 0 aliphatic heterocycles.